The fourth-order valence-electron chi connectivity index (χ4n) is 3.54. The lowest BCUT2D eigenvalue weighted by molar-refractivity contribution is 0.168. The fourth-order valence-corrected chi connectivity index (χ4v) is 3.54. The zero-order valence-corrected chi connectivity index (χ0v) is 16.8. The second-order valence-electron chi connectivity index (χ2n) is 6.91. The summed E-state index contributed by atoms with van der Waals surface area (Å²) in [4.78, 5) is 23.7. The molecule has 7 heteroatoms. The Bertz CT molecular complexity index is 852. The second kappa shape index (κ2) is 9.82. The van der Waals surface area contributed by atoms with Crippen LogP contribution in [-0.2, 0) is 11.2 Å². The molecular weight excluding hydrogens is 370 g/mol. The molecule has 0 bridgehead atoms. The average Bonchev–Trinajstić information content (AvgIpc) is 2.73. The molecule has 3 rings (SSSR count). The number of fused-ring (bicyclic) bond motifs is 1. The van der Waals surface area contributed by atoms with E-state index in [-0.39, 0.29) is 6.03 Å². The molecule has 2 aromatic carbocycles. The van der Waals surface area contributed by atoms with E-state index in [1.54, 1.807) is 38.3 Å². The zero-order chi connectivity index (χ0) is 20.6. The number of methoxy groups -OCH3 is 1. The van der Waals surface area contributed by atoms with Gasteiger partial charge in [0.25, 0.3) is 0 Å². The minimum absolute atomic E-state index is 0.253. The minimum atomic E-state index is -0.503. The number of amides is 3. The van der Waals surface area contributed by atoms with Gasteiger partial charge in [0.1, 0.15) is 5.75 Å². The number of ether oxygens (including phenoxy) is 2. The Labute approximate surface area is 170 Å². The number of aryl methyl sites for hydroxylation is 1. The van der Waals surface area contributed by atoms with Crippen molar-refractivity contribution in [2.75, 3.05) is 30.9 Å². The summed E-state index contributed by atoms with van der Waals surface area (Å²) in [7, 11) is 1.67. The minimum Gasteiger partial charge on any atom is -0.497 e. The molecule has 1 atom stereocenters. The predicted octanol–water partition coefficient (Wildman–Crippen LogP) is 4.51. The van der Waals surface area contributed by atoms with E-state index in [4.69, 9.17) is 9.47 Å². The van der Waals surface area contributed by atoms with Gasteiger partial charge in [-0.25, -0.2) is 9.59 Å². The molecule has 0 aliphatic heterocycles. The topological polar surface area (TPSA) is 88.7 Å². The fraction of sp³-hybridized carbons (Fsp3) is 0.364. The van der Waals surface area contributed by atoms with Crippen molar-refractivity contribution in [2.45, 2.75) is 32.1 Å². The van der Waals surface area contributed by atoms with Crippen molar-refractivity contribution >= 4 is 23.5 Å². The van der Waals surface area contributed by atoms with Crippen molar-refractivity contribution in [3.05, 3.63) is 53.6 Å². The molecule has 1 unspecified atom stereocenters. The lowest BCUT2D eigenvalue weighted by Gasteiger charge is -2.26. The van der Waals surface area contributed by atoms with Crippen molar-refractivity contribution in [2.24, 2.45) is 0 Å². The van der Waals surface area contributed by atoms with Gasteiger partial charge in [0.2, 0.25) is 0 Å². The van der Waals surface area contributed by atoms with Crippen LogP contribution in [0.15, 0.2) is 42.5 Å². The van der Waals surface area contributed by atoms with Crippen LogP contribution in [0.3, 0.4) is 0 Å². The maximum absolute atomic E-state index is 12.3. The van der Waals surface area contributed by atoms with Crippen molar-refractivity contribution in [3.8, 4) is 5.75 Å². The van der Waals surface area contributed by atoms with Gasteiger partial charge in [-0.15, -0.1) is 0 Å². The Balaban J connectivity index is 1.51. The molecule has 0 heterocycles. The van der Waals surface area contributed by atoms with Gasteiger partial charge in [-0.1, -0.05) is 6.07 Å². The maximum atomic E-state index is 12.3. The molecule has 7 nitrogen and oxygen atoms in total. The van der Waals surface area contributed by atoms with Crippen molar-refractivity contribution < 1.29 is 19.1 Å². The Morgan fingerprint density at radius 2 is 1.79 bits per heavy atom. The summed E-state index contributed by atoms with van der Waals surface area (Å²) < 4.78 is 10.1. The summed E-state index contributed by atoms with van der Waals surface area (Å²) in [5.41, 5.74) is 3.83. The lowest BCUT2D eigenvalue weighted by Crippen LogP contribution is -2.33. The molecule has 0 radical (unpaired) electrons. The summed E-state index contributed by atoms with van der Waals surface area (Å²) in [6.45, 7) is 2.63. The van der Waals surface area contributed by atoms with Gasteiger partial charge in [0, 0.05) is 23.8 Å². The first-order valence-corrected chi connectivity index (χ1v) is 9.84. The zero-order valence-electron chi connectivity index (χ0n) is 16.8. The van der Waals surface area contributed by atoms with Crippen LogP contribution in [-0.4, -0.2) is 32.4 Å². The standard InChI is InChI=1S/C22H27N3O4/c1-3-29-22(27)25-18-9-7-17(8-10-18)24-21(26)23-14-16-6-4-5-15-13-19(28-2)11-12-20(15)16/h7-13,16H,3-6,14H2,1-2H3,(H,25,27)(H2,23,24,26). The Morgan fingerprint density at radius 1 is 1.07 bits per heavy atom. The first-order valence-electron chi connectivity index (χ1n) is 9.84. The van der Waals surface area contributed by atoms with E-state index in [9.17, 15) is 9.59 Å². The SMILES string of the molecule is CCOC(=O)Nc1ccc(NC(=O)NCC2CCCc3cc(OC)ccc32)cc1. The van der Waals surface area contributed by atoms with Gasteiger partial charge in [0.15, 0.2) is 0 Å². The van der Waals surface area contributed by atoms with Gasteiger partial charge in [-0.3, -0.25) is 5.32 Å². The summed E-state index contributed by atoms with van der Waals surface area (Å²) in [5, 5.41) is 8.39. The lowest BCUT2D eigenvalue weighted by atomic mass is 9.82. The second-order valence-corrected chi connectivity index (χ2v) is 6.91. The molecule has 3 N–H and O–H groups in total. The number of carbonyl (C=O) groups is 2. The van der Waals surface area contributed by atoms with E-state index in [0.717, 1.165) is 25.0 Å². The maximum Gasteiger partial charge on any atom is 0.411 e. The Kier molecular flexibility index (Phi) is 6.94. The monoisotopic (exact) mass is 397 g/mol. The molecule has 3 amide bonds. The van der Waals surface area contributed by atoms with Crippen LogP contribution in [0.25, 0.3) is 0 Å². The van der Waals surface area contributed by atoms with Crippen LogP contribution in [0.4, 0.5) is 21.0 Å². The van der Waals surface area contributed by atoms with Crippen LogP contribution in [0, 0.1) is 0 Å². The highest BCUT2D eigenvalue weighted by Crippen LogP contribution is 2.33. The molecule has 2 aromatic rings. The molecule has 0 saturated carbocycles. The number of anilines is 2. The van der Waals surface area contributed by atoms with E-state index in [1.807, 2.05) is 6.07 Å². The largest absolute Gasteiger partial charge is 0.497 e. The normalized spacial score (nSPS) is 15.0. The van der Waals surface area contributed by atoms with E-state index in [1.165, 1.54) is 11.1 Å². The van der Waals surface area contributed by atoms with Gasteiger partial charge in [-0.05, 0) is 73.7 Å². The van der Waals surface area contributed by atoms with Crippen molar-refractivity contribution in [3.63, 3.8) is 0 Å². The number of carbonyl (C=O) groups excluding carboxylic acids is 2. The molecule has 0 saturated heterocycles. The smallest absolute Gasteiger partial charge is 0.411 e. The Morgan fingerprint density at radius 3 is 2.48 bits per heavy atom. The highest BCUT2D eigenvalue weighted by Gasteiger charge is 2.21. The van der Waals surface area contributed by atoms with E-state index < -0.39 is 6.09 Å². The van der Waals surface area contributed by atoms with Gasteiger partial charge in [-0.2, -0.15) is 0 Å². The number of hydrogen-bond acceptors (Lipinski definition) is 4. The Hall–Kier alpha value is -3.22. The molecule has 0 spiro atoms. The molecule has 0 fully saturated rings. The molecule has 29 heavy (non-hydrogen) atoms. The average molecular weight is 397 g/mol. The van der Waals surface area contributed by atoms with Crippen LogP contribution in [0.2, 0.25) is 0 Å². The molecule has 1 aliphatic carbocycles. The van der Waals surface area contributed by atoms with Gasteiger partial charge in [0.05, 0.1) is 13.7 Å². The van der Waals surface area contributed by atoms with Crippen LogP contribution >= 0.6 is 0 Å². The molecule has 0 aromatic heterocycles. The summed E-state index contributed by atoms with van der Waals surface area (Å²) in [5.74, 6) is 1.17. The van der Waals surface area contributed by atoms with E-state index in [0.29, 0.717) is 30.4 Å². The third kappa shape index (κ3) is 5.63. The predicted molar refractivity (Wildman–Crippen MR) is 113 cm³/mol. The summed E-state index contributed by atoms with van der Waals surface area (Å²) in [6.07, 6.45) is 2.69. The number of urea groups is 1. The number of rotatable bonds is 6. The van der Waals surface area contributed by atoms with Gasteiger partial charge < -0.3 is 20.1 Å². The number of hydrogen-bond donors (Lipinski definition) is 3. The highest BCUT2D eigenvalue weighted by molar-refractivity contribution is 5.90. The molecule has 154 valence electrons. The third-order valence-corrected chi connectivity index (χ3v) is 4.96. The quantitative estimate of drug-likeness (QED) is 0.669. The van der Waals surface area contributed by atoms with Crippen LogP contribution < -0.4 is 20.7 Å². The van der Waals surface area contributed by atoms with Gasteiger partial charge >= 0.3 is 12.1 Å². The number of nitrogens with one attached hydrogen (secondary N) is 3. The summed E-state index contributed by atoms with van der Waals surface area (Å²) >= 11 is 0. The molecular formula is C22H27N3O4. The number of benzene rings is 2. The van der Waals surface area contributed by atoms with Crippen LogP contribution in [0.1, 0.15) is 36.8 Å². The molecule has 1 aliphatic rings. The van der Waals surface area contributed by atoms with E-state index >= 15 is 0 Å². The highest BCUT2D eigenvalue weighted by atomic mass is 16.5. The van der Waals surface area contributed by atoms with Crippen molar-refractivity contribution in [1.29, 1.82) is 0 Å². The first-order chi connectivity index (χ1) is 14.1. The first kappa shape index (κ1) is 20.5. The third-order valence-electron chi connectivity index (χ3n) is 4.96. The van der Waals surface area contributed by atoms with E-state index in [2.05, 4.69) is 28.1 Å². The summed E-state index contributed by atoms with van der Waals surface area (Å²) in [6, 6.07) is 12.8. The van der Waals surface area contributed by atoms with Crippen LogP contribution in [0.5, 0.6) is 5.75 Å². The van der Waals surface area contributed by atoms with Crippen molar-refractivity contribution in [1.82, 2.24) is 5.32 Å².